The number of carboxylic acid groups (broad SMARTS) is 3. The lowest BCUT2D eigenvalue weighted by molar-refractivity contribution is -0.141. The van der Waals surface area contributed by atoms with E-state index in [0.29, 0.717) is 12.8 Å². The van der Waals surface area contributed by atoms with Gasteiger partial charge in [0, 0.05) is 12.8 Å². The maximum absolute atomic E-state index is 10.4. The van der Waals surface area contributed by atoms with Crippen molar-refractivity contribution in [3.05, 3.63) is 0 Å². The minimum absolute atomic E-state index is 0.0231. The van der Waals surface area contributed by atoms with E-state index in [1.807, 2.05) is 0 Å². The lowest BCUT2D eigenvalue weighted by Gasteiger charge is -2.01. The van der Waals surface area contributed by atoms with Crippen LogP contribution in [0.25, 0.3) is 0 Å². The van der Waals surface area contributed by atoms with Gasteiger partial charge in [0.15, 0.2) is 0 Å². The Labute approximate surface area is 108 Å². The fraction of sp³-hybridized carbons (Fsp3) is 0.600. The molecule has 0 aliphatic carbocycles. The van der Waals surface area contributed by atoms with Gasteiger partial charge in [-0.3, -0.25) is 14.4 Å². The van der Waals surface area contributed by atoms with E-state index < -0.39 is 30.0 Å². The second kappa shape index (κ2) is 8.03. The summed E-state index contributed by atoms with van der Waals surface area (Å²) < 4.78 is 0. The summed E-state index contributed by atoms with van der Waals surface area (Å²) >= 11 is 0. The van der Waals surface area contributed by atoms with E-state index in [1.54, 1.807) is 0 Å². The Bertz CT molecular complexity index is 369. The van der Waals surface area contributed by atoms with Crippen molar-refractivity contribution in [2.45, 2.75) is 37.8 Å². The molecule has 1 amide bonds. The van der Waals surface area contributed by atoms with Crippen LogP contribution in [-0.2, 0) is 19.2 Å². The summed E-state index contributed by atoms with van der Waals surface area (Å²) in [6, 6.07) is -1.70. The predicted octanol–water partition coefficient (Wildman–Crippen LogP) is -1.39. The van der Waals surface area contributed by atoms with Crippen LogP contribution < -0.4 is 11.1 Å². The lowest BCUT2D eigenvalue weighted by Crippen LogP contribution is -2.32. The highest BCUT2D eigenvalue weighted by molar-refractivity contribution is 5.87. The molecular weight excluding hydrogens is 260 g/mol. The molecule has 1 unspecified atom stereocenters. The van der Waals surface area contributed by atoms with Crippen LogP contribution in [0.2, 0.25) is 0 Å². The number of carboxylic acids is 3. The van der Waals surface area contributed by atoms with Gasteiger partial charge in [0.2, 0.25) is 5.91 Å². The van der Waals surface area contributed by atoms with Crippen molar-refractivity contribution < 1.29 is 34.5 Å². The largest absolute Gasteiger partial charge is 0.481 e. The molecular formula is C10H16N2O7. The minimum atomic E-state index is -1.17. The van der Waals surface area contributed by atoms with Crippen molar-refractivity contribution in [2.24, 2.45) is 5.73 Å². The van der Waals surface area contributed by atoms with Gasteiger partial charge in [-0.05, 0) is 12.8 Å². The molecule has 1 aliphatic rings. The number of hydrogen-bond donors (Lipinski definition) is 5. The molecule has 0 aromatic carbocycles. The normalized spacial score (nSPS) is 18.8. The van der Waals surface area contributed by atoms with Gasteiger partial charge in [0.25, 0.3) is 0 Å². The first-order valence-corrected chi connectivity index (χ1v) is 5.46. The van der Waals surface area contributed by atoms with Crippen LogP contribution in [0.15, 0.2) is 0 Å². The Morgan fingerprint density at radius 1 is 1.32 bits per heavy atom. The number of hydrogen-bond acceptors (Lipinski definition) is 5. The molecule has 2 atom stereocenters. The average molecular weight is 276 g/mol. The molecule has 0 aromatic rings. The minimum Gasteiger partial charge on any atom is -0.481 e. The zero-order chi connectivity index (χ0) is 15.0. The number of nitrogens with one attached hydrogen (secondary N) is 1. The first kappa shape index (κ1) is 16.8. The molecule has 1 heterocycles. The Morgan fingerprint density at radius 3 is 2.16 bits per heavy atom. The van der Waals surface area contributed by atoms with Crippen molar-refractivity contribution in [2.75, 3.05) is 0 Å². The van der Waals surface area contributed by atoms with E-state index >= 15 is 0 Å². The van der Waals surface area contributed by atoms with Gasteiger partial charge in [0.05, 0.1) is 0 Å². The number of amides is 1. The molecule has 9 heteroatoms. The van der Waals surface area contributed by atoms with Crippen molar-refractivity contribution in [1.82, 2.24) is 5.32 Å². The monoisotopic (exact) mass is 276 g/mol. The standard InChI is InChI=1S/C5H9NO4.C5H7NO3/c6-3(5(9)10)1-2-4(7)8;7-4-2-1-3(6-4)5(8)9/h3H,1-2,6H2,(H,7,8)(H,9,10);3H,1-2H2,(H,6,7)(H,8,9)/t;3-/m.0/s1. The van der Waals surface area contributed by atoms with Crippen LogP contribution in [0.5, 0.6) is 0 Å². The Morgan fingerprint density at radius 2 is 1.89 bits per heavy atom. The zero-order valence-electron chi connectivity index (χ0n) is 10.0. The fourth-order valence-corrected chi connectivity index (χ4v) is 1.20. The molecule has 0 radical (unpaired) electrons. The van der Waals surface area contributed by atoms with Gasteiger partial charge in [-0.2, -0.15) is 0 Å². The smallest absolute Gasteiger partial charge is 0.326 e. The second-order valence-electron chi connectivity index (χ2n) is 3.87. The molecule has 0 saturated carbocycles. The second-order valence-corrected chi connectivity index (χ2v) is 3.87. The van der Waals surface area contributed by atoms with Crippen LogP contribution in [-0.4, -0.2) is 51.2 Å². The summed E-state index contributed by atoms with van der Waals surface area (Å²) in [5, 5.41) is 26.9. The third kappa shape index (κ3) is 7.71. The first-order chi connectivity index (χ1) is 8.73. The summed E-state index contributed by atoms with van der Waals surface area (Å²) in [6.45, 7) is 0. The Kier molecular flexibility index (Phi) is 7.12. The summed E-state index contributed by atoms with van der Waals surface area (Å²) in [6.07, 6.45) is 0.545. The molecule has 9 nitrogen and oxygen atoms in total. The van der Waals surface area contributed by atoms with Gasteiger partial charge in [-0.1, -0.05) is 0 Å². The van der Waals surface area contributed by atoms with Gasteiger partial charge in [-0.15, -0.1) is 0 Å². The van der Waals surface area contributed by atoms with Crippen LogP contribution in [0.3, 0.4) is 0 Å². The molecule has 1 aliphatic heterocycles. The maximum atomic E-state index is 10.4. The number of aliphatic carboxylic acids is 3. The van der Waals surface area contributed by atoms with E-state index in [2.05, 4.69) is 5.32 Å². The highest BCUT2D eigenvalue weighted by atomic mass is 16.4. The van der Waals surface area contributed by atoms with Crippen molar-refractivity contribution in [1.29, 1.82) is 0 Å². The summed E-state index contributed by atoms with van der Waals surface area (Å²) in [4.78, 5) is 40.4. The number of nitrogens with two attached hydrogens (primary N) is 1. The van der Waals surface area contributed by atoms with E-state index in [4.69, 9.17) is 21.1 Å². The van der Waals surface area contributed by atoms with E-state index in [1.165, 1.54) is 0 Å². The van der Waals surface area contributed by atoms with Crippen molar-refractivity contribution in [3.63, 3.8) is 0 Å². The van der Waals surface area contributed by atoms with Crippen molar-refractivity contribution >= 4 is 23.8 Å². The predicted molar refractivity (Wildman–Crippen MR) is 61.3 cm³/mol. The molecule has 6 N–H and O–H groups in total. The number of carbonyl (C=O) groups excluding carboxylic acids is 1. The number of rotatable bonds is 5. The molecule has 1 fully saturated rings. The van der Waals surface area contributed by atoms with Crippen LogP contribution in [0.4, 0.5) is 0 Å². The third-order valence-corrected chi connectivity index (χ3v) is 2.28. The molecule has 1 rings (SSSR count). The Balaban J connectivity index is 0.000000342. The zero-order valence-corrected chi connectivity index (χ0v) is 10.0. The maximum Gasteiger partial charge on any atom is 0.326 e. The lowest BCUT2D eigenvalue weighted by atomic mass is 10.2. The molecule has 1 saturated heterocycles. The fourth-order valence-electron chi connectivity index (χ4n) is 1.20. The summed E-state index contributed by atoms with van der Waals surface area (Å²) in [5.41, 5.74) is 5.00. The van der Waals surface area contributed by atoms with Gasteiger partial charge >= 0.3 is 17.9 Å². The van der Waals surface area contributed by atoms with Crippen LogP contribution in [0.1, 0.15) is 25.7 Å². The van der Waals surface area contributed by atoms with Gasteiger partial charge < -0.3 is 26.4 Å². The van der Waals surface area contributed by atoms with Crippen LogP contribution >= 0.6 is 0 Å². The molecule has 0 bridgehead atoms. The SMILES string of the molecule is NC(CCC(=O)O)C(=O)O.O=C1CC[C@@H](C(=O)O)N1. The summed E-state index contributed by atoms with van der Waals surface area (Å²) in [7, 11) is 0. The van der Waals surface area contributed by atoms with E-state index in [0.717, 1.165) is 0 Å². The molecule has 0 aromatic heterocycles. The molecule has 0 spiro atoms. The average Bonchev–Trinajstić information content (AvgIpc) is 2.73. The number of carbonyl (C=O) groups is 4. The highest BCUT2D eigenvalue weighted by Crippen LogP contribution is 2.05. The quantitative estimate of drug-likeness (QED) is 0.409. The third-order valence-electron chi connectivity index (χ3n) is 2.28. The van der Waals surface area contributed by atoms with Gasteiger partial charge in [0.1, 0.15) is 12.1 Å². The van der Waals surface area contributed by atoms with Crippen molar-refractivity contribution in [3.8, 4) is 0 Å². The van der Waals surface area contributed by atoms with E-state index in [-0.39, 0.29) is 18.7 Å². The first-order valence-electron chi connectivity index (χ1n) is 5.46. The highest BCUT2D eigenvalue weighted by Gasteiger charge is 2.26. The summed E-state index contributed by atoms with van der Waals surface area (Å²) in [5.74, 6) is -3.30. The van der Waals surface area contributed by atoms with E-state index in [9.17, 15) is 19.2 Å². The topological polar surface area (TPSA) is 167 Å². The van der Waals surface area contributed by atoms with Gasteiger partial charge in [-0.25, -0.2) is 4.79 Å². The van der Waals surface area contributed by atoms with Crippen LogP contribution in [0, 0.1) is 0 Å². The molecule has 108 valence electrons. The Hall–Kier alpha value is -2.16. The molecule has 19 heavy (non-hydrogen) atoms.